The molecule has 2 unspecified atom stereocenters. The van der Waals surface area contributed by atoms with E-state index in [0.29, 0.717) is 23.4 Å². The summed E-state index contributed by atoms with van der Waals surface area (Å²) in [5.41, 5.74) is 1.44. The predicted octanol–water partition coefficient (Wildman–Crippen LogP) is 2.97. The summed E-state index contributed by atoms with van der Waals surface area (Å²) in [6.07, 6.45) is 1.33. The minimum absolute atomic E-state index is 0.0531. The van der Waals surface area contributed by atoms with Gasteiger partial charge in [0, 0.05) is 23.2 Å². The molecule has 0 radical (unpaired) electrons. The summed E-state index contributed by atoms with van der Waals surface area (Å²) in [4.78, 5) is 25.3. The molecule has 1 fully saturated rings. The molecule has 0 bridgehead atoms. The van der Waals surface area contributed by atoms with E-state index in [4.69, 9.17) is 16.7 Å². The van der Waals surface area contributed by atoms with Gasteiger partial charge in [0.1, 0.15) is 0 Å². The third kappa shape index (κ3) is 3.12. The first-order chi connectivity index (χ1) is 9.38. The Morgan fingerprint density at radius 1 is 1.30 bits per heavy atom. The summed E-state index contributed by atoms with van der Waals surface area (Å²) in [5, 5.41) is 9.64. The fraction of sp³-hybridized carbons (Fsp3) is 0.467. The number of amides is 1. The fourth-order valence-corrected chi connectivity index (χ4v) is 2.91. The summed E-state index contributed by atoms with van der Waals surface area (Å²) < 4.78 is 0. The van der Waals surface area contributed by atoms with Gasteiger partial charge in [-0.25, -0.2) is 0 Å². The summed E-state index contributed by atoms with van der Waals surface area (Å²) in [6.45, 7) is 4.09. The Morgan fingerprint density at radius 3 is 2.60 bits per heavy atom. The molecule has 0 saturated carbocycles. The number of rotatable bonds is 2. The number of hydrogen-bond acceptors (Lipinski definition) is 2. The maximum Gasteiger partial charge on any atom is 0.308 e. The van der Waals surface area contributed by atoms with E-state index in [0.717, 1.165) is 5.56 Å². The van der Waals surface area contributed by atoms with E-state index in [1.807, 2.05) is 13.8 Å². The SMILES string of the molecule is Cc1cc(Cl)cc(C(=O)N2CC(C(=O)O)CCC2C)c1. The number of carbonyl (C=O) groups excluding carboxylic acids is 1. The van der Waals surface area contributed by atoms with Crippen molar-refractivity contribution in [3.05, 3.63) is 34.3 Å². The number of aliphatic carboxylic acids is 1. The van der Waals surface area contributed by atoms with Crippen LogP contribution < -0.4 is 0 Å². The van der Waals surface area contributed by atoms with Gasteiger partial charge in [-0.2, -0.15) is 0 Å². The zero-order valence-corrected chi connectivity index (χ0v) is 12.4. The smallest absolute Gasteiger partial charge is 0.308 e. The number of aryl methyl sites for hydroxylation is 1. The summed E-state index contributed by atoms with van der Waals surface area (Å²) >= 11 is 5.98. The Balaban J connectivity index is 2.24. The minimum atomic E-state index is -0.836. The highest BCUT2D eigenvalue weighted by atomic mass is 35.5. The van der Waals surface area contributed by atoms with E-state index in [2.05, 4.69) is 0 Å². The first-order valence-corrected chi connectivity index (χ1v) is 7.07. The topological polar surface area (TPSA) is 57.6 Å². The van der Waals surface area contributed by atoms with Crippen LogP contribution in [0.4, 0.5) is 0 Å². The first kappa shape index (κ1) is 14.9. The number of carbonyl (C=O) groups is 2. The van der Waals surface area contributed by atoms with Crippen molar-refractivity contribution in [2.45, 2.75) is 32.7 Å². The van der Waals surface area contributed by atoms with E-state index in [1.54, 1.807) is 23.1 Å². The van der Waals surface area contributed by atoms with Crippen molar-refractivity contribution >= 4 is 23.5 Å². The van der Waals surface area contributed by atoms with E-state index < -0.39 is 11.9 Å². The van der Waals surface area contributed by atoms with E-state index in [9.17, 15) is 9.59 Å². The van der Waals surface area contributed by atoms with Gasteiger partial charge in [-0.1, -0.05) is 11.6 Å². The van der Waals surface area contributed by atoms with Gasteiger partial charge in [0.15, 0.2) is 0 Å². The zero-order valence-electron chi connectivity index (χ0n) is 11.6. The lowest BCUT2D eigenvalue weighted by Gasteiger charge is -2.36. The number of carboxylic acids is 1. The average Bonchev–Trinajstić information content (AvgIpc) is 2.37. The molecule has 1 amide bonds. The third-order valence-corrected chi connectivity index (χ3v) is 4.00. The van der Waals surface area contributed by atoms with Crippen molar-refractivity contribution in [3.8, 4) is 0 Å². The van der Waals surface area contributed by atoms with Gasteiger partial charge in [0.05, 0.1) is 5.92 Å². The lowest BCUT2D eigenvalue weighted by Crippen LogP contribution is -2.47. The number of piperidine rings is 1. The minimum Gasteiger partial charge on any atom is -0.481 e. The van der Waals surface area contributed by atoms with E-state index >= 15 is 0 Å². The van der Waals surface area contributed by atoms with Crippen molar-refractivity contribution in [1.29, 1.82) is 0 Å². The maximum atomic E-state index is 12.6. The normalized spacial score (nSPS) is 22.6. The molecule has 5 heteroatoms. The Labute approximate surface area is 123 Å². The van der Waals surface area contributed by atoms with Crippen molar-refractivity contribution in [1.82, 2.24) is 4.90 Å². The second-order valence-corrected chi connectivity index (χ2v) is 5.87. The molecule has 0 aromatic heterocycles. The van der Waals surface area contributed by atoms with E-state index in [-0.39, 0.29) is 18.5 Å². The van der Waals surface area contributed by atoms with Crippen molar-refractivity contribution < 1.29 is 14.7 Å². The summed E-state index contributed by atoms with van der Waals surface area (Å²) in [6, 6.07) is 5.26. The molecular formula is C15H18ClNO3. The second kappa shape index (κ2) is 5.83. The van der Waals surface area contributed by atoms with Crippen LogP contribution in [0.25, 0.3) is 0 Å². The molecule has 1 saturated heterocycles. The molecule has 1 aliphatic rings. The monoisotopic (exact) mass is 295 g/mol. The first-order valence-electron chi connectivity index (χ1n) is 6.69. The average molecular weight is 296 g/mol. The Bertz CT molecular complexity index is 524. The molecule has 2 atom stereocenters. The molecule has 108 valence electrons. The van der Waals surface area contributed by atoms with Crippen LogP contribution in [0.1, 0.15) is 35.7 Å². The van der Waals surface area contributed by atoms with Crippen LogP contribution in [0, 0.1) is 12.8 Å². The Kier molecular flexibility index (Phi) is 4.33. The van der Waals surface area contributed by atoms with Gasteiger partial charge in [0.2, 0.25) is 0 Å². The molecule has 20 heavy (non-hydrogen) atoms. The van der Waals surface area contributed by atoms with Crippen LogP contribution in [0.3, 0.4) is 0 Å². The highest BCUT2D eigenvalue weighted by Crippen LogP contribution is 2.25. The molecule has 0 spiro atoms. The lowest BCUT2D eigenvalue weighted by atomic mass is 9.93. The van der Waals surface area contributed by atoms with Crippen molar-refractivity contribution in [2.24, 2.45) is 5.92 Å². The molecule has 1 N–H and O–H groups in total. The molecule has 0 aliphatic carbocycles. The van der Waals surface area contributed by atoms with Crippen molar-refractivity contribution in [2.75, 3.05) is 6.54 Å². The van der Waals surface area contributed by atoms with Crippen LogP contribution in [-0.2, 0) is 4.79 Å². The number of halogens is 1. The highest BCUT2D eigenvalue weighted by molar-refractivity contribution is 6.31. The number of benzene rings is 1. The standard InChI is InChI=1S/C15H18ClNO3/c1-9-5-12(7-13(16)6-9)14(18)17-8-11(15(19)20)4-3-10(17)2/h5-7,10-11H,3-4,8H2,1-2H3,(H,19,20). The van der Waals surface area contributed by atoms with Crippen LogP contribution in [0.15, 0.2) is 18.2 Å². The van der Waals surface area contributed by atoms with Crippen LogP contribution in [0.2, 0.25) is 5.02 Å². The molecule has 4 nitrogen and oxygen atoms in total. The molecule has 1 aromatic carbocycles. The van der Waals surface area contributed by atoms with Gasteiger partial charge in [-0.05, 0) is 50.5 Å². The molecule has 1 aromatic rings. The number of hydrogen-bond donors (Lipinski definition) is 1. The number of carboxylic acid groups (broad SMARTS) is 1. The lowest BCUT2D eigenvalue weighted by molar-refractivity contribution is -0.143. The summed E-state index contributed by atoms with van der Waals surface area (Å²) in [5.74, 6) is -1.46. The van der Waals surface area contributed by atoms with Gasteiger partial charge in [0.25, 0.3) is 5.91 Å². The van der Waals surface area contributed by atoms with Gasteiger partial charge >= 0.3 is 5.97 Å². The van der Waals surface area contributed by atoms with Crippen LogP contribution >= 0.6 is 11.6 Å². The Hall–Kier alpha value is -1.55. The Morgan fingerprint density at radius 2 is 2.00 bits per heavy atom. The van der Waals surface area contributed by atoms with Gasteiger partial charge < -0.3 is 10.0 Å². The molecule has 2 rings (SSSR count). The second-order valence-electron chi connectivity index (χ2n) is 5.44. The molecule has 1 heterocycles. The zero-order chi connectivity index (χ0) is 14.9. The number of likely N-dealkylation sites (tertiary alicyclic amines) is 1. The summed E-state index contributed by atoms with van der Waals surface area (Å²) in [7, 11) is 0. The molecule has 1 aliphatic heterocycles. The number of nitrogens with zero attached hydrogens (tertiary/aromatic N) is 1. The highest BCUT2D eigenvalue weighted by Gasteiger charge is 2.33. The quantitative estimate of drug-likeness (QED) is 0.912. The van der Waals surface area contributed by atoms with E-state index in [1.165, 1.54) is 0 Å². The van der Waals surface area contributed by atoms with Gasteiger partial charge in [-0.15, -0.1) is 0 Å². The third-order valence-electron chi connectivity index (χ3n) is 3.78. The maximum absolute atomic E-state index is 12.6. The van der Waals surface area contributed by atoms with Crippen molar-refractivity contribution in [3.63, 3.8) is 0 Å². The largest absolute Gasteiger partial charge is 0.481 e. The van der Waals surface area contributed by atoms with Crippen LogP contribution in [0.5, 0.6) is 0 Å². The molecular weight excluding hydrogens is 278 g/mol. The fourth-order valence-electron chi connectivity index (χ4n) is 2.62. The van der Waals surface area contributed by atoms with Gasteiger partial charge in [-0.3, -0.25) is 9.59 Å². The predicted molar refractivity (Wildman–Crippen MR) is 77.0 cm³/mol. The van der Waals surface area contributed by atoms with Crippen LogP contribution in [-0.4, -0.2) is 34.5 Å².